The normalized spacial score (nSPS) is 16.5. The summed E-state index contributed by atoms with van der Waals surface area (Å²) in [4.78, 5) is 19.0. The molecule has 1 saturated heterocycles. The van der Waals surface area contributed by atoms with E-state index in [-0.39, 0.29) is 17.0 Å². The number of hydrogen-bond acceptors (Lipinski definition) is 5. The fourth-order valence-electron chi connectivity index (χ4n) is 4.97. The van der Waals surface area contributed by atoms with Crippen molar-refractivity contribution in [2.24, 2.45) is 7.05 Å². The molecular formula is C27H25ClFN5O2. The number of nitrogens with zero attached hydrogens (tertiary/aromatic N) is 4. The van der Waals surface area contributed by atoms with Crippen molar-refractivity contribution in [2.75, 3.05) is 24.5 Å². The molecule has 7 nitrogen and oxygen atoms in total. The highest BCUT2D eigenvalue weighted by molar-refractivity contribution is 6.32. The Morgan fingerprint density at radius 3 is 2.56 bits per heavy atom. The molecule has 2 aliphatic rings. The molecule has 2 aromatic heterocycles. The first-order chi connectivity index (χ1) is 17.3. The zero-order valence-electron chi connectivity index (χ0n) is 19.7. The van der Waals surface area contributed by atoms with E-state index in [4.69, 9.17) is 11.6 Å². The second-order valence-electron chi connectivity index (χ2n) is 9.64. The predicted molar refractivity (Wildman–Crippen MR) is 138 cm³/mol. The molecule has 0 bridgehead atoms. The molecule has 0 atom stereocenters. The molecule has 0 unspecified atom stereocenters. The number of piperazine rings is 1. The highest BCUT2D eigenvalue weighted by Crippen LogP contribution is 2.42. The van der Waals surface area contributed by atoms with E-state index in [9.17, 15) is 14.3 Å². The molecule has 0 radical (unpaired) electrons. The summed E-state index contributed by atoms with van der Waals surface area (Å²) in [5.74, 6) is -0.545. The van der Waals surface area contributed by atoms with Crippen LogP contribution in [-0.4, -0.2) is 44.4 Å². The van der Waals surface area contributed by atoms with E-state index in [2.05, 4.69) is 15.2 Å². The minimum atomic E-state index is -0.484. The van der Waals surface area contributed by atoms with Crippen LogP contribution in [0.5, 0.6) is 5.75 Å². The van der Waals surface area contributed by atoms with Gasteiger partial charge in [0.2, 0.25) is 0 Å². The first-order valence-corrected chi connectivity index (χ1v) is 12.2. The van der Waals surface area contributed by atoms with Gasteiger partial charge in [0.15, 0.2) is 0 Å². The molecule has 1 aliphatic carbocycles. The first kappa shape index (κ1) is 22.8. The molecule has 2 N–H and O–H groups in total. The van der Waals surface area contributed by atoms with E-state index in [1.165, 1.54) is 34.1 Å². The highest BCUT2D eigenvalue weighted by Gasteiger charge is 2.45. The lowest BCUT2D eigenvalue weighted by Crippen LogP contribution is -2.52. The Labute approximate surface area is 212 Å². The Bertz CT molecular complexity index is 1540. The molecule has 2 fully saturated rings. The molecule has 9 heteroatoms. The first-order valence-electron chi connectivity index (χ1n) is 11.9. The summed E-state index contributed by atoms with van der Waals surface area (Å²) in [6.45, 7) is 2.68. The molecule has 184 valence electrons. The molecule has 1 spiro atoms. The van der Waals surface area contributed by atoms with Crippen LogP contribution in [0.4, 0.5) is 10.1 Å². The van der Waals surface area contributed by atoms with Crippen LogP contribution in [0.3, 0.4) is 0 Å². The standard InChI is InChI=1S/C27H25ClFN5O2/c1-32-8-9-34(26(32)36)24-3-2-17(11-23(24)28)21-12-19(29)13-22(25(21)35)18-10-20(15-30-14-18)33-7-6-31-27(16-33)4-5-27/h2-3,8-15,31,35H,4-7,16H2,1H3. The number of phenols is 1. The third-order valence-electron chi connectivity index (χ3n) is 7.17. The van der Waals surface area contributed by atoms with Crippen LogP contribution in [0.2, 0.25) is 5.02 Å². The van der Waals surface area contributed by atoms with Crippen molar-refractivity contribution in [3.05, 3.63) is 82.5 Å². The molecule has 0 amide bonds. The quantitative estimate of drug-likeness (QED) is 0.431. The highest BCUT2D eigenvalue weighted by atomic mass is 35.5. The largest absolute Gasteiger partial charge is 0.507 e. The van der Waals surface area contributed by atoms with E-state index < -0.39 is 5.82 Å². The second kappa shape index (κ2) is 8.50. The van der Waals surface area contributed by atoms with E-state index in [0.717, 1.165) is 25.3 Å². The zero-order valence-corrected chi connectivity index (χ0v) is 20.5. The SMILES string of the molecule is Cn1ccn(-c2ccc(-c3cc(F)cc(-c4cncc(N5CCNC6(CC6)C5)c4)c3O)cc2Cl)c1=O. The third-order valence-corrected chi connectivity index (χ3v) is 7.47. The molecule has 6 rings (SSSR count). The molecule has 4 aromatic rings. The van der Waals surface area contributed by atoms with Gasteiger partial charge in [0, 0.05) is 67.5 Å². The molecule has 2 aromatic carbocycles. The maximum Gasteiger partial charge on any atom is 0.332 e. The lowest BCUT2D eigenvalue weighted by molar-refractivity contribution is 0.442. The summed E-state index contributed by atoms with van der Waals surface area (Å²) in [7, 11) is 1.66. The number of benzene rings is 2. The van der Waals surface area contributed by atoms with Crippen molar-refractivity contribution in [3.63, 3.8) is 0 Å². The lowest BCUT2D eigenvalue weighted by Gasteiger charge is -2.35. The summed E-state index contributed by atoms with van der Waals surface area (Å²) in [6, 6.07) is 9.57. The number of aryl methyl sites for hydroxylation is 1. The van der Waals surface area contributed by atoms with Gasteiger partial charge in [-0.1, -0.05) is 17.7 Å². The van der Waals surface area contributed by atoms with Crippen LogP contribution in [0, 0.1) is 5.82 Å². The average Bonchev–Trinajstić information content (AvgIpc) is 3.54. The van der Waals surface area contributed by atoms with E-state index >= 15 is 0 Å². The van der Waals surface area contributed by atoms with Gasteiger partial charge >= 0.3 is 5.69 Å². The summed E-state index contributed by atoms with van der Waals surface area (Å²) in [5.41, 5.74) is 3.26. The molecule has 3 heterocycles. The van der Waals surface area contributed by atoms with Crippen LogP contribution in [0.1, 0.15) is 12.8 Å². The summed E-state index contributed by atoms with van der Waals surface area (Å²) < 4.78 is 17.7. The van der Waals surface area contributed by atoms with Gasteiger partial charge in [-0.3, -0.25) is 9.55 Å². The van der Waals surface area contributed by atoms with E-state index in [1.807, 2.05) is 12.3 Å². The molecule has 1 saturated carbocycles. The fourth-order valence-corrected chi connectivity index (χ4v) is 5.24. The Hall–Kier alpha value is -3.62. The monoisotopic (exact) mass is 505 g/mol. The van der Waals surface area contributed by atoms with Gasteiger partial charge in [0.1, 0.15) is 11.6 Å². The van der Waals surface area contributed by atoms with Gasteiger partial charge < -0.3 is 19.9 Å². The predicted octanol–water partition coefficient (Wildman–Crippen LogP) is 4.35. The summed E-state index contributed by atoms with van der Waals surface area (Å²) in [6.07, 6.45) is 9.06. The average molecular weight is 506 g/mol. The molecule has 36 heavy (non-hydrogen) atoms. The lowest BCUT2D eigenvalue weighted by atomic mass is 9.97. The zero-order chi connectivity index (χ0) is 25.0. The Balaban J connectivity index is 1.37. The number of anilines is 1. The topological polar surface area (TPSA) is 75.3 Å². The van der Waals surface area contributed by atoms with Crippen molar-refractivity contribution < 1.29 is 9.50 Å². The minimum Gasteiger partial charge on any atom is -0.507 e. The van der Waals surface area contributed by atoms with E-state index in [0.29, 0.717) is 33.0 Å². The van der Waals surface area contributed by atoms with Crippen molar-refractivity contribution in [2.45, 2.75) is 18.4 Å². The Morgan fingerprint density at radius 2 is 1.86 bits per heavy atom. The number of phenolic OH excluding ortho intramolecular Hbond substituents is 1. The summed E-state index contributed by atoms with van der Waals surface area (Å²) in [5, 5.41) is 15.1. The third kappa shape index (κ3) is 3.96. The van der Waals surface area contributed by atoms with Gasteiger partial charge in [-0.15, -0.1) is 0 Å². The van der Waals surface area contributed by atoms with Crippen molar-refractivity contribution in [3.8, 4) is 33.7 Å². The van der Waals surface area contributed by atoms with Gasteiger partial charge in [-0.25, -0.2) is 9.18 Å². The summed E-state index contributed by atoms with van der Waals surface area (Å²) >= 11 is 6.51. The number of hydrogen-bond donors (Lipinski definition) is 2. The van der Waals surface area contributed by atoms with Gasteiger partial charge in [-0.05, 0) is 48.7 Å². The molecular weight excluding hydrogens is 481 g/mol. The Kier molecular flexibility index (Phi) is 5.39. The maximum atomic E-state index is 14.8. The van der Waals surface area contributed by atoms with Crippen LogP contribution in [0.25, 0.3) is 27.9 Å². The van der Waals surface area contributed by atoms with Crippen LogP contribution >= 0.6 is 11.6 Å². The van der Waals surface area contributed by atoms with Crippen molar-refractivity contribution in [1.29, 1.82) is 0 Å². The smallest absolute Gasteiger partial charge is 0.332 e. The Morgan fingerprint density at radius 1 is 1.08 bits per heavy atom. The number of halogens is 2. The number of aromatic hydroxyl groups is 1. The number of imidazole rings is 1. The van der Waals surface area contributed by atoms with Gasteiger partial charge in [0.05, 0.1) is 22.6 Å². The number of pyridine rings is 1. The molecule has 1 aliphatic heterocycles. The van der Waals surface area contributed by atoms with Crippen molar-refractivity contribution >= 4 is 17.3 Å². The second-order valence-corrected chi connectivity index (χ2v) is 10.0. The van der Waals surface area contributed by atoms with Crippen LogP contribution in [-0.2, 0) is 7.05 Å². The maximum absolute atomic E-state index is 14.8. The van der Waals surface area contributed by atoms with Gasteiger partial charge in [0.25, 0.3) is 0 Å². The van der Waals surface area contributed by atoms with E-state index in [1.54, 1.807) is 43.8 Å². The van der Waals surface area contributed by atoms with Crippen molar-refractivity contribution in [1.82, 2.24) is 19.4 Å². The van der Waals surface area contributed by atoms with Gasteiger partial charge in [-0.2, -0.15) is 0 Å². The fraction of sp³-hybridized carbons (Fsp3) is 0.259. The number of aromatic nitrogens is 3. The van der Waals surface area contributed by atoms with Crippen LogP contribution in [0.15, 0.2) is 66.0 Å². The number of rotatable bonds is 4. The van der Waals surface area contributed by atoms with Crippen LogP contribution < -0.4 is 15.9 Å². The minimum absolute atomic E-state index is 0.0602. The number of nitrogens with one attached hydrogen (secondary N) is 1.